The Morgan fingerprint density at radius 2 is 2.31 bits per heavy atom. The van der Waals surface area contributed by atoms with E-state index < -0.39 is 0 Å². The molecule has 0 spiro atoms. The molecule has 0 aliphatic carbocycles. The van der Waals surface area contributed by atoms with E-state index in [0.29, 0.717) is 17.2 Å². The van der Waals surface area contributed by atoms with Crippen LogP contribution >= 0.6 is 0 Å². The van der Waals surface area contributed by atoms with E-state index in [1.807, 2.05) is 0 Å². The maximum Gasteiger partial charge on any atom is 0.148 e. The number of hydrogen-bond acceptors (Lipinski definition) is 3. The summed E-state index contributed by atoms with van der Waals surface area (Å²) in [6.07, 6.45) is 5.04. The Hall–Kier alpha value is -1.82. The van der Waals surface area contributed by atoms with Crippen LogP contribution in [0.4, 0.5) is 5.69 Å². The van der Waals surface area contributed by atoms with Gasteiger partial charge >= 0.3 is 0 Å². The highest BCUT2D eigenvalue weighted by Gasteiger charge is 2.00. The number of ether oxygens (including phenoxy) is 2. The molecule has 2 N–H and O–H groups in total. The molecule has 0 aliphatic heterocycles. The van der Waals surface area contributed by atoms with Crippen LogP contribution in [0.1, 0.15) is 0 Å². The van der Waals surface area contributed by atoms with Gasteiger partial charge in [0.15, 0.2) is 0 Å². The molecular weight excluding hydrogens is 166 g/mol. The zero-order valence-electron chi connectivity index (χ0n) is 7.41. The Kier molecular flexibility index (Phi) is 3.04. The zero-order chi connectivity index (χ0) is 9.68. The lowest BCUT2D eigenvalue weighted by molar-refractivity contribution is 0.370. The van der Waals surface area contributed by atoms with Gasteiger partial charge in [0.1, 0.15) is 18.1 Å². The van der Waals surface area contributed by atoms with Crippen molar-refractivity contribution in [1.29, 1.82) is 0 Å². The summed E-state index contributed by atoms with van der Waals surface area (Å²) < 4.78 is 10.1. The number of hydrogen-bond donors (Lipinski definition) is 1. The summed E-state index contributed by atoms with van der Waals surface area (Å²) in [6.45, 7) is 0.219. The summed E-state index contributed by atoms with van der Waals surface area (Å²) in [5, 5.41) is 0. The van der Waals surface area contributed by atoms with Crippen LogP contribution in [-0.2, 0) is 0 Å². The summed E-state index contributed by atoms with van der Waals surface area (Å²) in [6, 6.07) is 5.18. The van der Waals surface area contributed by atoms with Gasteiger partial charge < -0.3 is 15.2 Å². The summed E-state index contributed by atoms with van der Waals surface area (Å²) in [5.41, 5.74) is 6.19. The smallest absolute Gasteiger partial charge is 0.148 e. The molecule has 0 amide bonds. The first-order chi connectivity index (χ1) is 6.27. The van der Waals surface area contributed by atoms with Crippen molar-refractivity contribution in [2.24, 2.45) is 0 Å². The highest BCUT2D eigenvalue weighted by Crippen LogP contribution is 2.25. The molecule has 0 radical (unpaired) electrons. The lowest BCUT2D eigenvalue weighted by Crippen LogP contribution is -1.98. The average Bonchev–Trinajstić information content (AvgIpc) is 2.16. The molecule has 0 atom stereocenters. The fraction of sp³-hybridized carbons (Fsp3) is 0.200. The molecule has 1 aromatic rings. The SMILES string of the molecule is C#CCOc1ccc(OC)cc1N. The molecule has 0 aromatic heterocycles. The number of rotatable bonds is 3. The second-order valence-electron chi connectivity index (χ2n) is 2.40. The molecule has 3 heteroatoms. The molecule has 0 aliphatic rings. The maximum absolute atomic E-state index is 5.66. The van der Waals surface area contributed by atoms with E-state index in [1.54, 1.807) is 25.3 Å². The van der Waals surface area contributed by atoms with E-state index in [1.165, 1.54) is 0 Å². The highest BCUT2D eigenvalue weighted by molar-refractivity contribution is 5.56. The Labute approximate surface area is 77.5 Å². The standard InChI is InChI=1S/C10H11NO2/c1-3-6-13-10-5-4-8(12-2)7-9(10)11/h1,4-5,7H,6,11H2,2H3. The molecule has 1 aromatic carbocycles. The Morgan fingerprint density at radius 3 is 2.85 bits per heavy atom. The van der Waals surface area contributed by atoms with Gasteiger partial charge in [-0.2, -0.15) is 0 Å². The van der Waals surface area contributed by atoms with Crippen LogP contribution in [0, 0.1) is 12.3 Å². The largest absolute Gasteiger partial charge is 0.497 e. The van der Waals surface area contributed by atoms with Crippen LogP contribution in [0.25, 0.3) is 0 Å². The molecule has 1 rings (SSSR count). The minimum absolute atomic E-state index is 0.219. The third-order valence-corrected chi connectivity index (χ3v) is 1.53. The summed E-state index contributed by atoms with van der Waals surface area (Å²) >= 11 is 0. The monoisotopic (exact) mass is 177 g/mol. The number of benzene rings is 1. The molecule has 0 unspecified atom stereocenters. The first-order valence-corrected chi connectivity index (χ1v) is 3.77. The third-order valence-electron chi connectivity index (χ3n) is 1.53. The molecule has 68 valence electrons. The molecule has 0 saturated carbocycles. The van der Waals surface area contributed by atoms with Crippen molar-refractivity contribution in [2.45, 2.75) is 0 Å². The van der Waals surface area contributed by atoms with Gasteiger partial charge in [0.25, 0.3) is 0 Å². The van der Waals surface area contributed by atoms with E-state index in [-0.39, 0.29) is 6.61 Å². The number of nitrogen functional groups attached to an aromatic ring is 1. The van der Waals surface area contributed by atoms with Gasteiger partial charge in [-0.25, -0.2) is 0 Å². The number of anilines is 1. The van der Waals surface area contributed by atoms with Crippen molar-refractivity contribution in [3.05, 3.63) is 18.2 Å². The van der Waals surface area contributed by atoms with Crippen molar-refractivity contribution >= 4 is 5.69 Å². The fourth-order valence-corrected chi connectivity index (χ4v) is 0.904. The van der Waals surface area contributed by atoms with Crippen LogP contribution in [0.3, 0.4) is 0 Å². The number of terminal acetylenes is 1. The van der Waals surface area contributed by atoms with Gasteiger partial charge in [-0.05, 0) is 12.1 Å². The lowest BCUT2D eigenvalue weighted by Gasteiger charge is -2.07. The molecule has 0 saturated heterocycles. The van der Waals surface area contributed by atoms with Crippen molar-refractivity contribution in [2.75, 3.05) is 19.5 Å². The van der Waals surface area contributed by atoms with Crippen molar-refractivity contribution in [1.82, 2.24) is 0 Å². The van der Waals surface area contributed by atoms with Crippen molar-refractivity contribution < 1.29 is 9.47 Å². The highest BCUT2D eigenvalue weighted by atomic mass is 16.5. The predicted octanol–water partition coefficient (Wildman–Crippen LogP) is 1.29. The minimum atomic E-state index is 0.219. The zero-order valence-corrected chi connectivity index (χ0v) is 7.41. The first-order valence-electron chi connectivity index (χ1n) is 3.77. The first kappa shape index (κ1) is 9.27. The van der Waals surface area contributed by atoms with Gasteiger partial charge in [-0.3, -0.25) is 0 Å². The molecule has 13 heavy (non-hydrogen) atoms. The van der Waals surface area contributed by atoms with Crippen molar-refractivity contribution in [3.63, 3.8) is 0 Å². The minimum Gasteiger partial charge on any atom is -0.497 e. The van der Waals surface area contributed by atoms with E-state index in [9.17, 15) is 0 Å². The normalized spacial score (nSPS) is 8.92. The second kappa shape index (κ2) is 4.27. The topological polar surface area (TPSA) is 44.5 Å². The average molecular weight is 177 g/mol. The summed E-state index contributed by atoms with van der Waals surface area (Å²) in [4.78, 5) is 0. The van der Waals surface area contributed by atoms with Crippen LogP contribution in [-0.4, -0.2) is 13.7 Å². The van der Waals surface area contributed by atoms with Gasteiger partial charge in [0.05, 0.1) is 12.8 Å². The maximum atomic E-state index is 5.66. The Balaban J connectivity index is 2.80. The van der Waals surface area contributed by atoms with E-state index in [2.05, 4.69) is 5.92 Å². The third kappa shape index (κ3) is 2.31. The lowest BCUT2D eigenvalue weighted by atomic mass is 10.3. The van der Waals surface area contributed by atoms with E-state index in [0.717, 1.165) is 0 Å². The van der Waals surface area contributed by atoms with Gasteiger partial charge in [0, 0.05) is 6.07 Å². The molecule has 0 bridgehead atoms. The molecule has 3 nitrogen and oxygen atoms in total. The second-order valence-corrected chi connectivity index (χ2v) is 2.40. The predicted molar refractivity (Wildman–Crippen MR) is 51.7 cm³/mol. The van der Waals surface area contributed by atoms with Gasteiger partial charge in [-0.15, -0.1) is 6.42 Å². The number of methoxy groups -OCH3 is 1. The fourth-order valence-electron chi connectivity index (χ4n) is 0.904. The molecular formula is C10H11NO2. The van der Waals surface area contributed by atoms with Crippen LogP contribution in [0.15, 0.2) is 18.2 Å². The summed E-state index contributed by atoms with van der Waals surface area (Å²) in [5.74, 6) is 3.64. The number of nitrogens with two attached hydrogens (primary N) is 1. The van der Waals surface area contributed by atoms with Crippen LogP contribution in [0.5, 0.6) is 11.5 Å². The molecule has 0 heterocycles. The quantitative estimate of drug-likeness (QED) is 0.559. The molecule has 0 fully saturated rings. The Morgan fingerprint density at radius 1 is 1.54 bits per heavy atom. The van der Waals surface area contributed by atoms with E-state index >= 15 is 0 Å². The van der Waals surface area contributed by atoms with E-state index in [4.69, 9.17) is 21.6 Å². The Bertz CT molecular complexity index is 328. The van der Waals surface area contributed by atoms with Crippen LogP contribution in [0.2, 0.25) is 0 Å². The summed E-state index contributed by atoms with van der Waals surface area (Å²) in [7, 11) is 1.58. The van der Waals surface area contributed by atoms with Crippen LogP contribution < -0.4 is 15.2 Å². The van der Waals surface area contributed by atoms with Gasteiger partial charge in [-0.1, -0.05) is 5.92 Å². The van der Waals surface area contributed by atoms with Gasteiger partial charge in [0.2, 0.25) is 0 Å². The van der Waals surface area contributed by atoms with Crippen molar-refractivity contribution in [3.8, 4) is 23.8 Å².